The van der Waals surface area contributed by atoms with E-state index in [9.17, 15) is 0 Å². The molecule has 0 rings (SSSR count). The van der Waals surface area contributed by atoms with E-state index in [1.54, 1.807) is 50.3 Å². The lowest BCUT2D eigenvalue weighted by Gasteiger charge is -2.28. The van der Waals surface area contributed by atoms with Gasteiger partial charge < -0.3 is 0 Å². The Balaban J connectivity index is 4.72. The van der Waals surface area contributed by atoms with Gasteiger partial charge >= 0.3 is 0 Å². The van der Waals surface area contributed by atoms with Crippen LogP contribution in [-0.2, 0) is 0 Å². The van der Waals surface area contributed by atoms with E-state index in [1.807, 2.05) is 0 Å². The van der Waals surface area contributed by atoms with Crippen LogP contribution in [0.5, 0.6) is 0 Å². The molecule has 0 aliphatic carbocycles. The summed E-state index contributed by atoms with van der Waals surface area (Å²) in [6.07, 6.45) is 58.7. The van der Waals surface area contributed by atoms with Crippen molar-refractivity contribution < 1.29 is 0 Å². The molecule has 44 heavy (non-hydrogen) atoms. The van der Waals surface area contributed by atoms with Crippen LogP contribution in [0, 0.1) is 0 Å². The summed E-state index contributed by atoms with van der Waals surface area (Å²) in [5.74, 6) is 0. The SMILES string of the molecule is CCCCCCCCCCCC[P+](CCCCCCC)(CCCCCCCCCCCC)CCCCCCCCCCCC. The molecule has 0 nitrogen and oxygen atoms in total. The van der Waals surface area contributed by atoms with Crippen molar-refractivity contribution in [2.45, 2.75) is 252 Å². The minimum absolute atomic E-state index is 0.767. The molecule has 1 heteroatoms. The first-order valence-electron chi connectivity index (χ1n) is 21.6. The van der Waals surface area contributed by atoms with Gasteiger partial charge in [0.05, 0.1) is 24.6 Å². The largest absolute Gasteiger partial charge is 0.0654 e. The summed E-state index contributed by atoms with van der Waals surface area (Å²) in [5, 5.41) is 0. The van der Waals surface area contributed by atoms with Crippen LogP contribution >= 0.6 is 7.26 Å². The standard InChI is InChI=1S/C43H90P/c1-5-9-13-17-20-23-26-29-33-37-41-44(40-36-32-16-12-8-4,42-38-34-30-27-24-21-18-14-10-6-2)43-39-35-31-28-25-22-19-15-11-7-3/h5-43H2,1-4H3/q+1. The Morgan fingerprint density at radius 2 is 0.318 bits per heavy atom. The summed E-state index contributed by atoms with van der Waals surface area (Å²) in [7, 11) is -0.767. The van der Waals surface area contributed by atoms with Crippen molar-refractivity contribution in [2.24, 2.45) is 0 Å². The molecule has 0 saturated heterocycles. The third-order valence-electron chi connectivity index (χ3n) is 10.7. The summed E-state index contributed by atoms with van der Waals surface area (Å²) in [6.45, 7) is 9.38. The average Bonchev–Trinajstić information content (AvgIpc) is 3.03. The van der Waals surface area contributed by atoms with Crippen molar-refractivity contribution in [1.82, 2.24) is 0 Å². The Morgan fingerprint density at radius 3 is 0.477 bits per heavy atom. The van der Waals surface area contributed by atoms with E-state index in [-0.39, 0.29) is 0 Å². The third kappa shape index (κ3) is 32.4. The second-order valence-electron chi connectivity index (χ2n) is 15.2. The number of unbranched alkanes of at least 4 members (excludes halogenated alkanes) is 31. The molecule has 0 aliphatic heterocycles. The van der Waals surface area contributed by atoms with E-state index in [0.717, 1.165) is 0 Å². The van der Waals surface area contributed by atoms with Gasteiger partial charge in [0, 0.05) is 7.26 Å². The summed E-state index contributed by atoms with van der Waals surface area (Å²) < 4.78 is 0. The van der Waals surface area contributed by atoms with Crippen molar-refractivity contribution >= 4 is 7.26 Å². The molecule has 0 aliphatic rings. The molecule has 0 saturated carbocycles. The molecule has 0 atom stereocenters. The lowest BCUT2D eigenvalue weighted by atomic mass is 10.1. The number of hydrogen-bond acceptors (Lipinski definition) is 0. The molecular weight excluding hydrogens is 547 g/mol. The highest BCUT2D eigenvalue weighted by Gasteiger charge is 2.35. The van der Waals surface area contributed by atoms with Crippen molar-refractivity contribution in [2.75, 3.05) is 24.6 Å². The summed E-state index contributed by atoms with van der Waals surface area (Å²) in [4.78, 5) is 0. The molecule has 0 spiro atoms. The molecule has 0 radical (unpaired) electrons. The van der Waals surface area contributed by atoms with Gasteiger partial charge in [-0.1, -0.05) is 201 Å². The van der Waals surface area contributed by atoms with Gasteiger partial charge in [-0.2, -0.15) is 0 Å². The summed E-state index contributed by atoms with van der Waals surface area (Å²) >= 11 is 0. The van der Waals surface area contributed by atoms with Gasteiger partial charge in [0.1, 0.15) is 0 Å². The van der Waals surface area contributed by atoms with Crippen molar-refractivity contribution in [3.63, 3.8) is 0 Å². The first kappa shape index (κ1) is 44.4. The van der Waals surface area contributed by atoms with Crippen LogP contribution in [0.1, 0.15) is 252 Å². The highest BCUT2D eigenvalue weighted by atomic mass is 31.2. The molecule has 0 amide bonds. The van der Waals surface area contributed by atoms with Gasteiger partial charge in [0.25, 0.3) is 0 Å². The Hall–Kier alpha value is 0.430. The Bertz CT molecular complexity index is 439. The normalized spacial score (nSPS) is 12.0. The van der Waals surface area contributed by atoms with Crippen molar-refractivity contribution in [3.8, 4) is 0 Å². The smallest absolute Gasteiger partial charge is 0.0594 e. The van der Waals surface area contributed by atoms with Crippen LogP contribution in [0.2, 0.25) is 0 Å². The van der Waals surface area contributed by atoms with Gasteiger partial charge in [0.15, 0.2) is 0 Å². The second-order valence-corrected chi connectivity index (χ2v) is 19.7. The molecule has 0 fully saturated rings. The minimum Gasteiger partial charge on any atom is -0.0654 e. The fourth-order valence-corrected chi connectivity index (χ4v) is 12.4. The van der Waals surface area contributed by atoms with Crippen LogP contribution in [0.3, 0.4) is 0 Å². The quantitative estimate of drug-likeness (QED) is 0.0465. The maximum absolute atomic E-state index is 2.37. The predicted molar refractivity (Wildman–Crippen MR) is 211 cm³/mol. The molecule has 0 aromatic carbocycles. The summed E-state index contributed by atoms with van der Waals surface area (Å²) in [6, 6.07) is 0. The first-order valence-corrected chi connectivity index (χ1v) is 24.1. The van der Waals surface area contributed by atoms with Crippen LogP contribution in [0.15, 0.2) is 0 Å². The number of hydrogen-bond donors (Lipinski definition) is 0. The lowest BCUT2D eigenvalue weighted by Crippen LogP contribution is -2.13. The van der Waals surface area contributed by atoms with E-state index >= 15 is 0 Å². The maximum atomic E-state index is 2.37. The second kappa shape index (κ2) is 37.9. The highest BCUT2D eigenvalue weighted by Crippen LogP contribution is 2.61. The van der Waals surface area contributed by atoms with Gasteiger partial charge in [-0.25, -0.2) is 0 Å². The Morgan fingerprint density at radius 1 is 0.182 bits per heavy atom. The Labute approximate surface area is 283 Å². The predicted octanol–water partition coefficient (Wildman–Crippen LogP) is 16.7. The maximum Gasteiger partial charge on any atom is 0.0594 e. The first-order chi connectivity index (χ1) is 21.7. The van der Waals surface area contributed by atoms with E-state index in [1.165, 1.54) is 199 Å². The topological polar surface area (TPSA) is 0 Å². The molecule has 266 valence electrons. The van der Waals surface area contributed by atoms with Gasteiger partial charge in [-0.05, 0) is 51.4 Å². The molecular formula is C43H90P+. The van der Waals surface area contributed by atoms with Crippen LogP contribution in [0.25, 0.3) is 0 Å². The minimum atomic E-state index is -0.767. The number of rotatable bonds is 39. The third-order valence-corrected chi connectivity index (χ3v) is 15.8. The fraction of sp³-hybridized carbons (Fsp3) is 1.00. The highest BCUT2D eigenvalue weighted by molar-refractivity contribution is 7.75. The fourth-order valence-electron chi connectivity index (χ4n) is 7.53. The monoisotopic (exact) mass is 638 g/mol. The van der Waals surface area contributed by atoms with E-state index < -0.39 is 7.26 Å². The van der Waals surface area contributed by atoms with Gasteiger partial charge in [-0.15, -0.1) is 0 Å². The van der Waals surface area contributed by atoms with Crippen molar-refractivity contribution in [3.05, 3.63) is 0 Å². The molecule has 0 unspecified atom stereocenters. The van der Waals surface area contributed by atoms with E-state index in [4.69, 9.17) is 0 Å². The zero-order chi connectivity index (χ0) is 32.1. The molecule has 0 N–H and O–H groups in total. The summed E-state index contributed by atoms with van der Waals surface area (Å²) in [5.41, 5.74) is 0. The van der Waals surface area contributed by atoms with E-state index in [2.05, 4.69) is 27.7 Å². The average molecular weight is 638 g/mol. The molecule has 0 aromatic heterocycles. The lowest BCUT2D eigenvalue weighted by molar-refractivity contribution is 0.559. The van der Waals surface area contributed by atoms with Crippen LogP contribution in [0.4, 0.5) is 0 Å². The van der Waals surface area contributed by atoms with Crippen LogP contribution < -0.4 is 0 Å². The van der Waals surface area contributed by atoms with Gasteiger partial charge in [0.2, 0.25) is 0 Å². The molecule has 0 aromatic rings. The van der Waals surface area contributed by atoms with Crippen LogP contribution in [-0.4, -0.2) is 24.6 Å². The Kier molecular flexibility index (Phi) is 38.3. The van der Waals surface area contributed by atoms with Gasteiger partial charge in [-0.3, -0.25) is 0 Å². The zero-order valence-electron chi connectivity index (χ0n) is 32.0. The zero-order valence-corrected chi connectivity index (χ0v) is 32.9. The molecule has 0 bridgehead atoms. The molecule has 0 heterocycles. The van der Waals surface area contributed by atoms with Crippen molar-refractivity contribution in [1.29, 1.82) is 0 Å². The van der Waals surface area contributed by atoms with E-state index in [0.29, 0.717) is 0 Å².